The van der Waals surface area contributed by atoms with E-state index in [2.05, 4.69) is 62.4 Å². The van der Waals surface area contributed by atoms with Crippen molar-refractivity contribution in [1.29, 1.82) is 0 Å². The molecule has 4 nitrogen and oxygen atoms in total. The van der Waals surface area contributed by atoms with Crippen LogP contribution in [0.1, 0.15) is 105 Å². The molecule has 2 aromatic rings. The molecule has 0 heterocycles. The second-order valence-electron chi connectivity index (χ2n) is 8.64. The van der Waals surface area contributed by atoms with E-state index < -0.39 is 10.4 Å². The van der Waals surface area contributed by atoms with E-state index in [-0.39, 0.29) is 44.2 Å². The first-order chi connectivity index (χ1) is 16.1. The normalized spacial score (nSPS) is 11.0. The monoisotopic (exact) mass is 502 g/mol. The number of benzene rings is 2. The summed E-state index contributed by atoms with van der Waals surface area (Å²) in [6.45, 7) is 4.89. The number of hydrogen-bond donors (Lipinski definition) is 0. The van der Waals surface area contributed by atoms with Crippen molar-refractivity contribution in [2.45, 2.75) is 104 Å². The van der Waals surface area contributed by atoms with E-state index >= 15 is 0 Å². The third-order valence-corrected chi connectivity index (χ3v) is 6.52. The zero-order chi connectivity index (χ0) is 24.0. The summed E-state index contributed by atoms with van der Waals surface area (Å²) in [6.07, 6.45) is 16.0. The van der Waals surface area contributed by atoms with Crippen LogP contribution in [-0.2, 0) is 18.8 Å². The van der Waals surface area contributed by atoms with Gasteiger partial charge < -0.3 is 1.43 Å². The van der Waals surface area contributed by atoms with Gasteiger partial charge in [0.25, 0.3) is 0 Å². The van der Waals surface area contributed by atoms with E-state index in [1.807, 2.05) is 0 Å². The molecule has 2 rings (SSSR count). The Morgan fingerprint density at radius 1 is 0.559 bits per heavy atom. The summed E-state index contributed by atoms with van der Waals surface area (Å²) in [5, 5.41) is 2.62. The molecular formula is C28H47NaO4S. The Bertz CT molecular complexity index is 726. The van der Waals surface area contributed by atoms with Crippen LogP contribution in [0.25, 0.3) is 10.8 Å². The summed E-state index contributed by atoms with van der Waals surface area (Å²) in [7, 11) is -3.78. The van der Waals surface area contributed by atoms with Crippen LogP contribution in [0.5, 0.6) is 0 Å². The van der Waals surface area contributed by atoms with Crippen molar-refractivity contribution in [2.24, 2.45) is 0 Å². The average molecular weight is 503 g/mol. The van der Waals surface area contributed by atoms with Crippen LogP contribution in [0.3, 0.4) is 0 Å². The van der Waals surface area contributed by atoms with E-state index in [0.717, 1.165) is 38.5 Å². The molecule has 0 saturated carbocycles. The van der Waals surface area contributed by atoms with Gasteiger partial charge in [-0.15, -0.1) is 0 Å². The van der Waals surface area contributed by atoms with Crippen molar-refractivity contribution >= 4 is 21.2 Å². The average Bonchev–Trinajstić information content (AvgIpc) is 2.83. The fourth-order valence-corrected chi connectivity index (χ4v) is 4.32. The molecule has 0 aromatic heterocycles. The Hall–Kier alpha value is -0.430. The zero-order valence-electron chi connectivity index (χ0n) is 23.0. The molecule has 0 N–H and O–H groups in total. The largest absolute Gasteiger partial charge is 1.00 e. The molecule has 0 radical (unpaired) electrons. The van der Waals surface area contributed by atoms with Gasteiger partial charge in [0, 0.05) is 0 Å². The van der Waals surface area contributed by atoms with Crippen LogP contribution >= 0.6 is 0 Å². The Morgan fingerprint density at radius 2 is 0.853 bits per heavy atom. The minimum absolute atomic E-state index is 0. The molecule has 0 unspecified atom stereocenters. The molecule has 0 atom stereocenters. The van der Waals surface area contributed by atoms with E-state index in [9.17, 15) is 8.42 Å². The number of hydrogen-bond acceptors (Lipinski definition) is 4. The van der Waals surface area contributed by atoms with Crippen LogP contribution in [-0.4, -0.2) is 21.6 Å². The fraction of sp³-hybridized carbons (Fsp3) is 0.643. The Morgan fingerprint density at radius 3 is 1.18 bits per heavy atom. The third kappa shape index (κ3) is 18.8. The van der Waals surface area contributed by atoms with Gasteiger partial charge in [0.15, 0.2) is 0 Å². The van der Waals surface area contributed by atoms with Crippen LogP contribution in [0.2, 0.25) is 0 Å². The summed E-state index contributed by atoms with van der Waals surface area (Å²) in [4.78, 5) is 0. The molecule has 0 saturated heterocycles. The van der Waals surface area contributed by atoms with Gasteiger partial charge in [-0.3, -0.25) is 0 Å². The molecule has 0 aliphatic carbocycles. The number of fused-ring (bicyclic) bond motifs is 1. The molecule has 0 aliphatic rings. The molecule has 0 spiro atoms. The maximum Gasteiger partial charge on any atom is 1.00 e. The third-order valence-electron chi connectivity index (χ3n) is 5.61. The van der Waals surface area contributed by atoms with Crippen LogP contribution in [0.15, 0.2) is 48.5 Å². The summed E-state index contributed by atoms with van der Waals surface area (Å²) < 4.78 is 32.8. The Kier molecular flexibility index (Phi) is 22.7. The van der Waals surface area contributed by atoms with E-state index in [0.29, 0.717) is 0 Å². The SMILES string of the molecule is CCCCCCCCCOS(=O)(=O)OCCCCCCCCC.[H-].[Na+].c1ccc2ccccc2c1. The van der Waals surface area contributed by atoms with Crippen LogP contribution in [0, 0.1) is 0 Å². The maximum atomic E-state index is 11.5. The van der Waals surface area contributed by atoms with Crippen molar-refractivity contribution < 1.29 is 47.8 Å². The minimum atomic E-state index is -3.78. The van der Waals surface area contributed by atoms with Gasteiger partial charge in [-0.2, -0.15) is 8.42 Å². The molecule has 0 bridgehead atoms. The van der Waals surface area contributed by atoms with Crippen molar-refractivity contribution in [3.63, 3.8) is 0 Å². The molecule has 6 heteroatoms. The van der Waals surface area contributed by atoms with Gasteiger partial charge in [0.05, 0.1) is 13.2 Å². The molecule has 34 heavy (non-hydrogen) atoms. The summed E-state index contributed by atoms with van der Waals surface area (Å²) >= 11 is 0. The van der Waals surface area contributed by atoms with Crippen LogP contribution < -0.4 is 29.6 Å². The molecule has 0 aliphatic heterocycles. The van der Waals surface area contributed by atoms with Gasteiger partial charge in [0.1, 0.15) is 0 Å². The van der Waals surface area contributed by atoms with E-state index in [1.54, 1.807) is 0 Å². The van der Waals surface area contributed by atoms with Crippen molar-refractivity contribution in [1.82, 2.24) is 0 Å². The zero-order valence-corrected chi connectivity index (χ0v) is 24.8. The number of unbranched alkanes of at least 4 members (excludes halogenated alkanes) is 12. The first-order valence-corrected chi connectivity index (χ1v) is 14.4. The predicted octanol–water partition coefficient (Wildman–Crippen LogP) is 5.72. The van der Waals surface area contributed by atoms with Gasteiger partial charge in [0.2, 0.25) is 0 Å². The second kappa shape index (κ2) is 23.0. The molecular weight excluding hydrogens is 455 g/mol. The molecule has 0 fully saturated rings. The molecule has 190 valence electrons. The minimum Gasteiger partial charge on any atom is -1.00 e. The van der Waals surface area contributed by atoms with Gasteiger partial charge in [-0.25, -0.2) is 8.37 Å². The summed E-state index contributed by atoms with van der Waals surface area (Å²) in [5.74, 6) is 0. The Labute approximate surface area is 233 Å². The number of rotatable bonds is 18. The smallest absolute Gasteiger partial charge is 1.00 e. The van der Waals surface area contributed by atoms with Crippen molar-refractivity contribution in [3.05, 3.63) is 48.5 Å². The summed E-state index contributed by atoms with van der Waals surface area (Å²) in [6, 6.07) is 16.7. The molecule has 2 aromatic carbocycles. The van der Waals surface area contributed by atoms with E-state index in [4.69, 9.17) is 8.37 Å². The fourth-order valence-electron chi connectivity index (χ4n) is 3.61. The van der Waals surface area contributed by atoms with Crippen molar-refractivity contribution in [2.75, 3.05) is 13.2 Å². The van der Waals surface area contributed by atoms with Crippen molar-refractivity contribution in [3.8, 4) is 0 Å². The first-order valence-electron chi connectivity index (χ1n) is 13.1. The van der Waals surface area contributed by atoms with E-state index in [1.165, 1.54) is 62.1 Å². The Balaban J connectivity index is 0. The van der Waals surface area contributed by atoms with Crippen LogP contribution in [0.4, 0.5) is 0 Å². The van der Waals surface area contributed by atoms with Gasteiger partial charge in [-0.1, -0.05) is 139 Å². The standard InChI is InChI=1S/C18H38O4S.C10H8.Na.H/c1-3-5-7-9-11-13-15-17-21-23(19,20)22-18-16-14-12-10-8-6-4-2;1-2-6-10-8-4-3-7-9(10)5-1;;/h3-18H2,1-2H3;1-8H;;/q;;+1;-1. The van der Waals surface area contributed by atoms with Gasteiger partial charge >= 0.3 is 40.0 Å². The first kappa shape index (κ1) is 33.6. The maximum absolute atomic E-state index is 11.5. The summed E-state index contributed by atoms with van der Waals surface area (Å²) in [5.41, 5.74) is 0. The second-order valence-corrected chi connectivity index (χ2v) is 9.93. The molecule has 0 amide bonds. The predicted molar refractivity (Wildman–Crippen MR) is 142 cm³/mol. The quantitative estimate of drug-likeness (QED) is 0.193. The van der Waals surface area contributed by atoms with Gasteiger partial charge in [-0.05, 0) is 23.6 Å². The topological polar surface area (TPSA) is 52.6 Å².